The Morgan fingerprint density at radius 2 is 2.16 bits per heavy atom. The summed E-state index contributed by atoms with van der Waals surface area (Å²) in [4.78, 5) is 11.9. The maximum Gasteiger partial charge on any atom is 0.253 e. The lowest BCUT2D eigenvalue weighted by Crippen LogP contribution is -2.31. The first kappa shape index (κ1) is 15.4. The molecule has 3 N–H and O–H groups in total. The Labute approximate surface area is 113 Å². The third-order valence-corrected chi connectivity index (χ3v) is 2.75. The summed E-state index contributed by atoms with van der Waals surface area (Å²) in [5.41, 5.74) is 6.02. The van der Waals surface area contributed by atoms with E-state index in [-0.39, 0.29) is 17.7 Å². The first-order valence-corrected chi connectivity index (χ1v) is 6.45. The normalized spacial score (nSPS) is 13.9. The topological polar surface area (TPSA) is 64.3 Å². The minimum atomic E-state index is -0.637. The summed E-state index contributed by atoms with van der Waals surface area (Å²) in [6.45, 7) is 5.60. The van der Waals surface area contributed by atoms with E-state index in [1.165, 1.54) is 18.2 Å². The van der Waals surface area contributed by atoms with Gasteiger partial charge in [-0.1, -0.05) is 13.3 Å². The van der Waals surface area contributed by atoms with E-state index in [4.69, 9.17) is 10.5 Å². The highest BCUT2D eigenvalue weighted by Gasteiger charge is 2.17. The molecule has 0 aliphatic rings. The van der Waals surface area contributed by atoms with Gasteiger partial charge in [-0.3, -0.25) is 4.79 Å². The number of nitrogens with one attached hydrogen (secondary N) is 1. The lowest BCUT2D eigenvalue weighted by Gasteiger charge is -2.18. The van der Waals surface area contributed by atoms with Gasteiger partial charge in [0, 0.05) is 5.69 Å². The second-order valence-corrected chi connectivity index (χ2v) is 4.61. The van der Waals surface area contributed by atoms with Crippen molar-refractivity contribution in [2.24, 2.45) is 0 Å². The molecular weight excluding hydrogens is 247 g/mol. The number of hydrogen-bond acceptors (Lipinski definition) is 3. The van der Waals surface area contributed by atoms with Gasteiger partial charge in [0.25, 0.3) is 5.91 Å². The van der Waals surface area contributed by atoms with Crippen molar-refractivity contribution >= 4 is 17.3 Å². The molecule has 2 atom stereocenters. The maximum absolute atomic E-state index is 13.5. The number of halogens is 1. The zero-order valence-corrected chi connectivity index (χ0v) is 11.6. The van der Waals surface area contributed by atoms with Crippen LogP contribution in [0.1, 0.15) is 33.6 Å². The van der Waals surface area contributed by atoms with Gasteiger partial charge in [0.15, 0.2) is 0 Å². The molecule has 1 aromatic rings. The summed E-state index contributed by atoms with van der Waals surface area (Å²) in [7, 11) is 0. The first-order chi connectivity index (χ1) is 8.93. The molecule has 0 bridgehead atoms. The number of carbonyl (C=O) groups excluding carboxylic acids is 1. The Morgan fingerprint density at radius 1 is 1.47 bits per heavy atom. The van der Waals surface area contributed by atoms with E-state index < -0.39 is 11.9 Å². The molecule has 19 heavy (non-hydrogen) atoms. The average Bonchev–Trinajstić information content (AvgIpc) is 2.34. The van der Waals surface area contributed by atoms with Crippen LogP contribution in [-0.4, -0.2) is 18.1 Å². The van der Waals surface area contributed by atoms with Crippen molar-refractivity contribution < 1.29 is 13.9 Å². The molecule has 2 unspecified atom stereocenters. The summed E-state index contributed by atoms with van der Waals surface area (Å²) in [5.74, 6) is -0.899. The van der Waals surface area contributed by atoms with E-state index in [2.05, 4.69) is 5.32 Å². The minimum absolute atomic E-state index is 0.00330. The number of rotatable bonds is 6. The van der Waals surface area contributed by atoms with Crippen LogP contribution in [0.2, 0.25) is 0 Å². The standard InChI is InChI=1S/C14H21FN2O2/c1-4-5-9(2)19-10(3)14(18)17-13-8-11(16)6-7-12(13)15/h6-10H,4-5,16H2,1-3H3,(H,17,18). The summed E-state index contributed by atoms with van der Waals surface area (Å²) >= 11 is 0. The minimum Gasteiger partial charge on any atom is -0.399 e. The molecule has 0 radical (unpaired) electrons. The summed E-state index contributed by atoms with van der Waals surface area (Å²) in [5, 5.41) is 2.48. The van der Waals surface area contributed by atoms with Crippen LogP contribution < -0.4 is 11.1 Å². The first-order valence-electron chi connectivity index (χ1n) is 6.45. The van der Waals surface area contributed by atoms with Crippen LogP contribution in [0, 0.1) is 5.82 Å². The Kier molecular flexibility index (Phi) is 5.76. The molecule has 1 amide bonds. The van der Waals surface area contributed by atoms with E-state index >= 15 is 0 Å². The van der Waals surface area contributed by atoms with Crippen LogP contribution >= 0.6 is 0 Å². The summed E-state index contributed by atoms with van der Waals surface area (Å²) in [6.07, 6.45) is 1.22. The third-order valence-electron chi connectivity index (χ3n) is 2.75. The zero-order chi connectivity index (χ0) is 14.4. The number of carbonyl (C=O) groups is 1. The number of ether oxygens (including phenoxy) is 1. The van der Waals surface area contributed by atoms with E-state index in [0.29, 0.717) is 5.69 Å². The van der Waals surface area contributed by atoms with E-state index in [0.717, 1.165) is 12.8 Å². The molecule has 106 valence electrons. The molecule has 0 aromatic heterocycles. The number of benzene rings is 1. The fourth-order valence-corrected chi connectivity index (χ4v) is 1.76. The molecular formula is C14H21FN2O2. The van der Waals surface area contributed by atoms with Gasteiger partial charge in [-0.2, -0.15) is 0 Å². The van der Waals surface area contributed by atoms with Gasteiger partial charge in [0.05, 0.1) is 11.8 Å². The van der Waals surface area contributed by atoms with Crippen molar-refractivity contribution in [1.29, 1.82) is 0 Å². The van der Waals surface area contributed by atoms with Crippen LogP contribution in [0.25, 0.3) is 0 Å². The Morgan fingerprint density at radius 3 is 2.79 bits per heavy atom. The summed E-state index contributed by atoms with van der Waals surface area (Å²) < 4.78 is 19.0. The molecule has 0 saturated heterocycles. The van der Waals surface area contributed by atoms with Gasteiger partial charge in [0.1, 0.15) is 11.9 Å². The van der Waals surface area contributed by atoms with Gasteiger partial charge in [0.2, 0.25) is 0 Å². The summed E-state index contributed by atoms with van der Waals surface area (Å²) in [6, 6.07) is 4.04. The van der Waals surface area contributed by atoms with Crippen molar-refractivity contribution in [3.8, 4) is 0 Å². The highest BCUT2D eigenvalue weighted by molar-refractivity contribution is 5.94. The van der Waals surface area contributed by atoms with Crippen LogP contribution in [0.4, 0.5) is 15.8 Å². The third kappa shape index (κ3) is 4.87. The van der Waals surface area contributed by atoms with E-state index in [1.54, 1.807) is 6.92 Å². The highest BCUT2D eigenvalue weighted by Crippen LogP contribution is 2.18. The highest BCUT2D eigenvalue weighted by atomic mass is 19.1. The Balaban J connectivity index is 2.61. The van der Waals surface area contributed by atoms with Crippen molar-refractivity contribution in [3.05, 3.63) is 24.0 Å². The fourth-order valence-electron chi connectivity index (χ4n) is 1.76. The van der Waals surface area contributed by atoms with Gasteiger partial charge in [-0.25, -0.2) is 4.39 Å². The molecule has 4 nitrogen and oxygen atoms in total. The molecule has 0 spiro atoms. The van der Waals surface area contributed by atoms with Crippen molar-refractivity contribution in [2.75, 3.05) is 11.1 Å². The molecule has 0 saturated carbocycles. The SMILES string of the molecule is CCCC(C)OC(C)C(=O)Nc1cc(N)ccc1F. The van der Waals surface area contributed by atoms with Crippen LogP contribution in [0.15, 0.2) is 18.2 Å². The number of amides is 1. The van der Waals surface area contributed by atoms with Gasteiger partial charge >= 0.3 is 0 Å². The van der Waals surface area contributed by atoms with E-state index in [1.807, 2.05) is 13.8 Å². The quantitative estimate of drug-likeness (QED) is 0.780. The van der Waals surface area contributed by atoms with Crippen molar-refractivity contribution in [3.63, 3.8) is 0 Å². The number of nitrogen functional groups attached to an aromatic ring is 1. The molecule has 1 aromatic carbocycles. The monoisotopic (exact) mass is 268 g/mol. The van der Waals surface area contributed by atoms with Crippen LogP contribution in [0.5, 0.6) is 0 Å². The van der Waals surface area contributed by atoms with Crippen LogP contribution in [-0.2, 0) is 9.53 Å². The van der Waals surface area contributed by atoms with E-state index in [9.17, 15) is 9.18 Å². The van der Waals surface area contributed by atoms with Crippen LogP contribution in [0.3, 0.4) is 0 Å². The second-order valence-electron chi connectivity index (χ2n) is 4.61. The molecule has 0 fully saturated rings. The number of hydrogen-bond donors (Lipinski definition) is 2. The molecule has 1 rings (SSSR count). The predicted molar refractivity (Wildman–Crippen MR) is 74.4 cm³/mol. The Hall–Kier alpha value is -1.62. The fraction of sp³-hybridized carbons (Fsp3) is 0.500. The molecule has 0 aliphatic carbocycles. The largest absolute Gasteiger partial charge is 0.399 e. The molecule has 5 heteroatoms. The van der Waals surface area contributed by atoms with Crippen molar-refractivity contribution in [1.82, 2.24) is 0 Å². The predicted octanol–water partition coefficient (Wildman–Crippen LogP) is 2.94. The number of nitrogens with two attached hydrogens (primary N) is 1. The van der Waals surface area contributed by atoms with Crippen molar-refractivity contribution in [2.45, 2.75) is 45.8 Å². The molecule has 0 heterocycles. The Bertz CT molecular complexity index is 437. The number of anilines is 2. The second kappa shape index (κ2) is 7.09. The van der Waals surface area contributed by atoms with Gasteiger partial charge < -0.3 is 15.8 Å². The average molecular weight is 268 g/mol. The lowest BCUT2D eigenvalue weighted by molar-refractivity contribution is -0.129. The zero-order valence-electron chi connectivity index (χ0n) is 11.6. The van der Waals surface area contributed by atoms with Gasteiger partial charge in [-0.05, 0) is 38.5 Å². The maximum atomic E-state index is 13.5. The lowest BCUT2D eigenvalue weighted by atomic mass is 10.2. The van der Waals surface area contributed by atoms with Gasteiger partial charge in [-0.15, -0.1) is 0 Å². The molecule has 0 aliphatic heterocycles. The smallest absolute Gasteiger partial charge is 0.253 e.